The van der Waals surface area contributed by atoms with Crippen molar-refractivity contribution < 1.29 is 5.11 Å². The fourth-order valence-electron chi connectivity index (χ4n) is 1.11. The van der Waals surface area contributed by atoms with E-state index in [-0.39, 0.29) is 6.10 Å². The first-order chi connectivity index (χ1) is 5.24. The Labute approximate surface area is 67.7 Å². The van der Waals surface area contributed by atoms with Gasteiger partial charge in [0.2, 0.25) is 0 Å². The summed E-state index contributed by atoms with van der Waals surface area (Å²) in [6.07, 6.45) is 0.485. The normalized spacial score (nSPS) is 13.0. The van der Waals surface area contributed by atoms with Crippen LogP contribution in [-0.2, 0) is 0 Å². The van der Waals surface area contributed by atoms with Crippen molar-refractivity contribution in [3.63, 3.8) is 0 Å². The third-order valence-corrected chi connectivity index (χ3v) is 1.81. The minimum atomic E-state index is -0.296. The van der Waals surface area contributed by atoms with Crippen LogP contribution in [0, 0.1) is 6.92 Å². The highest BCUT2D eigenvalue weighted by Gasteiger charge is 2.02. The molecular formula is C10H14O. The second kappa shape index (κ2) is 3.54. The van der Waals surface area contributed by atoms with Crippen LogP contribution in [-0.4, -0.2) is 5.11 Å². The largest absolute Gasteiger partial charge is 0.388 e. The van der Waals surface area contributed by atoms with Crippen molar-refractivity contribution in [3.05, 3.63) is 35.4 Å². The van der Waals surface area contributed by atoms with E-state index in [2.05, 4.69) is 0 Å². The molecule has 0 radical (unpaired) electrons. The second-order valence-electron chi connectivity index (χ2n) is 2.84. The molecule has 0 saturated carbocycles. The van der Waals surface area contributed by atoms with Gasteiger partial charge in [0.25, 0.3) is 0 Å². The molecule has 0 fully saturated rings. The number of hydrogen-bond donors (Lipinski definition) is 1. The molecule has 11 heavy (non-hydrogen) atoms. The maximum atomic E-state index is 9.45. The number of aryl methyl sites for hydroxylation is 1. The highest BCUT2D eigenvalue weighted by Crippen LogP contribution is 2.16. The first kappa shape index (κ1) is 8.28. The summed E-state index contributed by atoms with van der Waals surface area (Å²) >= 11 is 0. The minimum absolute atomic E-state index is 0.296. The zero-order valence-electron chi connectivity index (χ0n) is 7.04. The van der Waals surface area contributed by atoms with Gasteiger partial charge in [0.15, 0.2) is 0 Å². The summed E-state index contributed by atoms with van der Waals surface area (Å²) in [5, 5.41) is 9.45. The van der Waals surface area contributed by atoms with Gasteiger partial charge in [-0.15, -0.1) is 0 Å². The van der Waals surface area contributed by atoms with Crippen LogP contribution in [0.5, 0.6) is 0 Å². The second-order valence-corrected chi connectivity index (χ2v) is 2.84. The molecule has 0 aliphatic heterocycles. The van der Waals surface area contributed by atoms with Crippen LogP contribution in [0.4, 0.5) is 0 Å². The monoisotopic (exact) mass is 150 g/mol. The first-order valence-electron chi connectivity index (χ1n) is 3.98. The number of aliphatic hydroxyl groups excluding tert-OH is 1. The van der Waals surface area contributed by atoms with E-state index in [1.54, 1.807) is 0 Å². The molecule has 1 nitrogen and oxygen atoms in total. The Morgan fingerprint density at radius 2 is 2.18 bits per heavy atom. The Morgan fingerprint density at radius 1 is 1.45 bits per heavy atom. The summed E-state index contributed by atoms with van der Waals surface area (Å²) in [6, 6.07) is 7.99. The molecule has 0 bridgehead atoms. The van der Waals surface area contributed by atoms with Gasteiger partial charge in [-0.25, -0.2) is 0 Å². The van der Waals surface area contributed by atoms with E-state index in [0.717, 1.165) is 12.0 Å². The number of rotatable bonds is 2. The fraction of sp³-hybridized carbons (Fsp3) is 0.400. The van der Waals surface area contributed by atoms with E-state index in [4.69, 9.17) is 0 Å². The third-order valence-electron chi connectivity index (χ3n) is 1.81. The van der Waals surface area contributed by atoms with Crippen molar-refractivity contribution in [2.75, 3.05) is 0 Å². The van der Waals surface area contributed by atoms with E-state index in [1.807, 2.05) is 38.1 Å². The SMILES string of the molecule is CC[C@H](O)c1cccc(C)c1. The Kier molecular flexibility index (Phi) is 2.66. The lowest BCUT2D eigenvalue weighted by molar-refractivity contribution is 0.173. The van der Waals surface area contributed by atoms with E-state index in [0.29, 0.717) is 0 Å². The molecule has 0 aliphatic carbocycles. The lowest BCUT2D eigenvalue weighted by Crippen LogP contribution is -1.94. The first-order valence-corrected chi connectivity index (χ1v) is 3.98. The molecule has 1 aromatic rings. The maximum Gasteiger partial charge on any atom is 0.0787 e. The smallest absolute Gasteiger partial charge is 0.0787 e. The van der Waals surface area contributed by atoms with E-state index < -0.39 is 0 Å². The predicted molar refractivity (Wildman–Crippen MR) is 46.4 cm³/mol. The molecule has 0 unspecified atom stereocenters. The molecule has 1 atom stereocenters. The van der Waals surface area contributed by atoms with E-state index >= 15 is 0 Å². The molecule has 0 heterocycles. The summed E-state index contributed by atoms with van der Waals surface area (Å²) in [5.74, 6) is 0. The number of aliphatic hydroxyl groups is 1. The Bertz CT molecular complexity index is 230. The molecule has 0 aromatic heterocycles. The summed E-state index contributed by atoms with van der Waals surface area (Å²) in [7, 11) is 0. The van der Waals surface area contributed by atoms with Crippen molar-refractivity contribution in [1.82, 2.24) is 0 Å². The average Bonchev–Trinajstić information content (AvgIpc) is 2.03. The molecule has 0 spiro atoms. The molecule has 0 amide bonds. The standard InChI is InChI=1S/C10H14O/c1-3-10(11)9-6-4-5-8(2)7-9/h4-7,10-11H,3H2,1-2H3/t10-/m0/s1. The van der Waals surface area contributed by atoms with Crippen LogP contribution in [0.25, 0.3) is 0 Å². The van der Waals surface area contributed by atoms with Gasteiger partial charge >= 0.3 is 0 Å². The highest BCUT2D eigenvalue weighted by atomic mass is 16.3. The summed E-state index contributed by atoms with van der Waals surface area (Å²) in [4.78, 5) is 0. The van der Waals surface area contributed by atoms with Crippen molar-refractivity contribution in [2.24, 2.45) is 0 Å². The summed E-state index contributed by atoms with van der Waals surface area (Å²) in [5.41, 5.74) is 2.22. The van der Waals surface area contributed by atoms with Crippen LogP contribution >= 0.6 is 0 Å². The Morgan fingerprint density at radius 3 is 2.73 bits per heavy atom. The van der Waals surface area contributed by atoms with Crippen molar-refractivity contribution >= 4 is 0 Å². The molecule has 1 N–H and O–H groups in total. The average molecular weight is 150 g/mol. The Hall–Kier alpha value is -0.820. The summed E-state index contributed by atoms with van der Waals surface area (Å²) < 4.78 is 0. The molecule has 60 valence electrons. The van der Waals surface area contributed by atoms with Crippen LogP contribution in [0.2, 0.25) is 0 Å². The Balaban J connectivity index is 2.86. The predicted octanol–water partition coefficient (Wildman–Crippen LogP) is 2.44. The maximum absolute atomic E-state index is 9.45. The number of hydrogen-bond acceptors (Lipinski definition) is 1. The van der Waals surface area contributed by atoms with Gasteiger partial charge in [-0.2, -0.15) is 0 Å². The van der Waals surface area contributed by atoms with Gasteiger partial charge in [-0.3, -0.25) is 0 Å². The van der Waals surface area contributed by atoms with E-state index in [1.165, 1.54) is 5.56 Å². The minimum Gasteiger partial charge on any atom is -0.388 e. The van der Waals surface area contributed by atoms with Gasteiger partial charge in [-0.1, -0.05) is 36.8 Å². The van der Waals surface area contributed by atoms with Gasteiger partial charge in [0.1, 0.15) is 0 Å². The molecule has 0 saturated heterocycles. The van der Waals surface area contributed by atoms with Crippen LogP contribution in [0.3, 0.4) is 0 Å². The summed E-state index contributed by atoms with van der Waals surface area (Å²) in [6.45, 7) is 4.01. The molecule has 1 aromatic carbocycles. The quantitative estimate of drug-likeness (QED) is 0.686. The topological polar surface area (TPSA) is 20.2 Å². The van der Waals surface area contributed by atoms with Gasteiger partial charge < -0.3 is 5.11 Å². The molecular weight excluding hydrogens is 136 g/mol. The van der Waals surface area contributed by atoms with Crippen molar-refractivity contribution in [3.8, 4) is 0 Å². The third kappa shape index (κ3) is 2.05. The van der Waals surface area contributed by atoms with Gasteiger partial charge in [0, 0.05) is 0 Å². The molecule has 1 rings (SSSR count). The van der Waals surface area contributed by atoms with Crippen LogP contribution in [0.1, 0.15) is 30.6 Å². The van der Waals surface area contributed by atoms with Crippen LogP contribution in [0.15, 0.2) is 24.3 Å². The lowest BCUT2D eigenvalue weighted by atomic mass is 10.1. The zero-order valence-corrected chi connectivity index (χ0v) is 7.04. The van der Waals surface area contributed by atoms with Crippen molar-refractivity contribution in [1.29, 1.82) is 0 Å². The van der Waals surface area contributed by atoms with Crippen molar-refractivity contribution in [2.45, 2.75) is 26.4 Å². The van der Waals surface area contributed by atoms with Gasteiger partial charge in [-0.05, 0) is 18.9 Å². The highest BCUT2D eigenvalue weighted by molar-refractivity contribution is 5.23. The van der Waals surface area contributed by atoms with Gasteiger partial charge in [0.05, 0.1) is 6.10 Å². The molecule has 0 aliphatic rings. The fourth-order valence-corrected chi connectivity index (χ4v) is 1.11. The van der Waals surface area contributed by atoms with E-state index in [9.17, 15) is 5.11 Å². The lowest BCUT2D eigenvalue weighted by Gasteiger charge is -2.07. The zero-order chi connectivity index (χ0) is 8.27. The number of benzene rings is 1. The molecule has 1 heteroatoms. The van der Waals surface area contributed by atoms with Crippen LogP contribution < -0.4 is 0 Å².